The quantitative estimate of drug-likeness (QED) is 0.269. The molecule has 0 aliphatic carbocycles. The average Bonchev–Trinajstić information content (AvgIpc) is 3.37. The summed E-state index contributed by atoms with van der Waals surface area (Å²) in [6.45, 7) is 2.65. The summed E-state index contributed by atoms with van der Waals surface area (Å²) in [6.07, 6.45) is 0.981. The van der Waals surface area contributed by atoms with Gasteiger partial charge in [0.15, 0.2) is 11.6 Å². The van der Waals surface area contributed by atoms with E-state index in [0.717, 1.165) is 75.3 Å². The lowest BCUT2D eigenvalue weighted by Gasteiger charge is -2.28. The minimum absolute atomic E-state index is 0.0874. The number of rotatable bonds is 12. The van der Waals surface area contributed by atoms with Crippen LogP contribution in [0.15, 0.2) is 24.3 Å². The van der Waals surface area contributed by atoms with Crippen LogP contribution < -0.4 is 10.1 Å². The number of methoxy groups -OCH3 is 1. The van der Waals surface area contributed by atoms with Crippen LogP contribution in [0.2, 0.25) is 0 Å². The van der Waals surface area contributed by atoms with E-state index >= 15 is 0 Å². The minimum atomic E-state index is -4.55. The Bertz CT molecular complexity index is 1180. The Labute approximate surface area is 232 Å². The van der Waals surface area contributed by atoms with E-state index in [1.165, 1.54) is 12.7 Å². The van der Waals surface area contributed by atoms with E-state index in [0.29, 0.717) is 19.5 Å². The highest BCUT2D eigenvalue weighted by Gasteiger charge is 2.38. The van der Waals surface area contributed by atoms with Crippen molar-refractivity contribution < 1.29 is 32.2 Å². The lowest BCUT2D eigenvalue weighted by atomic mass is 9.99. The molecule has 3 heterocycles. The highest BCUT2D eigenvalue weighted by atomic mass is 19.4. The molecule has 1 aromatic heterocycles. The van der Waals surface area contributed by atoms with Crippen molar-refractivity contribution in [2.45, 2.75) is 69.6 Å². The molecule has 11 heteroatoms. The highest BCUT2D eigenvalue weighted by Crippen LogP contribution is 2.37. The Kier molecular flexibility index (Phi) is 9.89. The summed E-state index contributed by atoms with van der Waals surface area (Å²) in [7, 11) is 3.19. The molecule has 2 aliphatic heterocycles. The summed E-state index contributed by atoms with van der Waals surface area (Å²) in [6, 6.07) is 4.93. The number of aliphatic carboxylic acids is 1. The van der Waals surface area contributed by atoms with E-state index in [2.05, 4.69) is 22.3 Å². The van der Waals surface area contributed by atoms with Crippen molar-refractivity contribution in [1.82, 2.24) is 14.8 Å². The minimum Gasteiger partial charge on any atom is -0.493 e. The van der Waals surface area contributed by atoms with Gasteiger partial charge in [-0.15, -0.1) is 0 Å². The molecule has 0 saturated carbocycles. The number of aryl methyl sites for hydroxylation is 2. The number of aromatic nitrogens is 1. The van der Waals surface area contributed by atoms with Crippen LogP contribution in [0.3, 0.4) is 0 Å². The summed E-state index contributed by atoms with van der Waals surface area (Å²) in [4.78, 5) is 21.0. The number of carbonyl (C=O) groups is 1. The number of pyridine rings is 1. The number of anilines is 1. The topological polar surface area (TPSA) is 77.9 Å². The van der Waals surface area contributed by atoms with Crippen LogP contribution in [0.25, 0.3) is 0 Å². The van der Waals surface area contributed by atoms with Crippen molar-refractivity contribution in [2.24, 2.45) is 0 Å². The fourth-order valence-electron chi connectivity index (χ4n) is 5.81. The molecule has 1 fully saturated rings. The zero-order valence-corrected chi connectivity index (χ0v) is 23.1. The molecule has 0 bridgehead atoms. The van der Waals surface area contributed by atoms with Gasteiger partial charge in [0.2, 0.25) is 0 Å². The third kappa shape index (κ3) is 7.63. The molecule has 1 aromatic carbocycles. The molecule has 4 rings (SSSR count). The molecule has 0 spiro atoms. The van der Waals surface area contributed by atoms with Crippen LogP contribution in [-0.2, 0) is 24.1 Å². The number of nitrogens with one attached hydrogen (secondary N) is 1. The van der Waals surface area contributed by atoms with Gasteiger partial charge in [-0.2, -0.15) is 13.2 Å². The molecule has 0 amide bonds. The number of fused-ring (bicyclic) bond motifs is 1. The first kappa shape index (κ1) is 30.0. The number of likely N-dealkylation sites (tertiary alicyclic amines) is 1. The summed E-state index contributed by atoms with van der Waals surface area (Å²) < 4.78 is 58.7. The standard InChI is InChI=1S/C29H38F4N4O3/c1-36(13-5-3-4-8-21-10-9-20-7-6-12-34-27(20)35-21)22-11-14-37(18-22)25(28(38)39)23-15-19(17-29(31,32)33)16-24(30)26(23)40-2/h9-10,15-16,22,25H,3-8,11-14,17-18H2,1-2H3,(H,34,35)(H,38,39)/t22-,25-/m1/s1. The van der Waals surface area contributed by atoms with Crippen molar-refractivity contribution in [2.75, 3.05) is 45.7 Å². The first-order chi connectivity index (χ1) is 19.1. The summed E-state index contributed by atoms with van der Waals surface area (Å²) >= 11 is 0. The Morgan fingerprint density at radius 2 is 2.08 bits per heavy atom. The van der Waals surface area contributed by atoms with E-state index in [4.69, 9.17) is 9.72 Å². The number of carboxylic acid groups (broad SMARTS) is 1. The summed E-state index contributed by atoms with van der Waals surface area (Å²) in [5.41, 5.74) is 1.95. The molecule has 0 unspecified atom stereocenters. The number of alkyl halides is 3. The second-order valence-corrected chi connectivity index (χ2v) is 10.8. The number of ether oxygens (including phenoxy) is 1. The number of halogens is 4. The van der Waals surface area contributed by atoms with Crippen molar-refractivity contribution >= 4 is 11.8 Å². The van der Waals surface area contributed by atoms with Crippen molar-refractivity contribution in [1.29, 1.82) is 0 Å². The molecule has 2 atom stereocenters. The molecule has 2 aliphatic rings. The zero-order chi connectivity index (χ0) is 28.9. The van der Waals surface area contributed by atoms with Gasteiger partial charge in [-0.25, -0.2) is 9.37 Å². The average molecular weight is 567 g/mol. The van der Waals surface area contributed by atoms with Crippen molar-refractivity contribution in [3.8, 4) is 5.75 Å². The number of nitrogens with zero attached hydrogens (tertiary/aromatic N) is 3. The van der Waals surface area contributed by atoms with E-state index in [9.17, 15) is 27.5 Å². The lowest BCUT2D eigenvalue weighted by Crippen LogP contribution is -2.38. The molecule has 2 aromatic rings. The van der Waals surface area contributed by atoms with E-state index in [1.54, 1.807) is 4.90 Å². The highest BCUT2D eigenvalue weighted by molar-refractivity contribution is 5.77. The maximum atomic E-state index is 14.7. The molecule has 40 heavy (non-hydrogen) atoms. The van der Waals surface area contributed by atoms with Gasteiger partial charge in [-0.05, 0) is 81.4 Å². The van der Waals surface area contributed by atoms with Crippen LogP contribution >= 0.6 is 0 Å². The van der Waals surface area contributed by atoms with E-state index in [-0.39, 0.29) is 22.9 Å². The number of carboxylic acids is 1. The van der Waals surface area contributed by atoms with Gasteiger partial charge in [0.05, 0.1) is 13.5 Å². The third-order valence-corrected chi connectivity index (χ3v) is 7.85. The Hall–Kier alpha value is -2.92. The van der Waals surface area contributed by atoms with Crippen LogP contribution in [0.5, 0.6) is 5.75 Å². The van der Waals surface area contributed by atoms with Gasteiger partial charge < -0.3 is 20.1 Å². The van der Waals surface area contributed by atoms with Gasteiger partial charge in [-0.1, -0.05) is 12.5 Å². The number of benzene rings is 1. The molecule has 1 saturated heterocycles. The molecular formula is C29H38F4N4O3. The second-order valence-electron chi connectivity index (χ2n) is 10.8. The molecule has 220 valence electrons. The number of hydrogen-bond acceptors (Lipinski definition) is 6. The van der Waals surface area contributed by atoms with Gasteiger partial charge in [-0.3, -0.25) is 9.69 Å². The predicted molar refractivity (Wildman–Crippen MR) is 144 cm³/mol. The smallest absolute Gasteiger partial charge is 0.393 e. The maximum absolute atomic E-state index is 14.7. The van der Waals surface area contributed by atoms with Crippen LogP contribution in [0, 0.1) is 5.82 Å². The van der Waals surface area contributed by atoms with Crippen LogP contribution in [-0.4, -0.2) is 78.4 Å². The Morgan fingerprint density at radius 1 is 1.27 bits per heavy atom. The van der Waals surface area contributed by atoms with E-state index in [1.807, 2.05) is 7.05 Å². The second kappa shape index (κ2) is 13.2. The molecule has 2 N–H and O–H groups in total. The van der Waals surface area contributed by atoms with Crippen LogP contribution in [0.1, 0.15) is 60.5 Å². The Balaban J connectivity index is 1.31. The van der Waals surface area contributed by atoms with Gasteiger partial charge >= 0.3 is 12.1 Å². The monoisotopic (exact) mass is 566 g/mol. The number of hydrogen-bond donors (Lipinski definition) is 2. The van der Waals surface area contributed by atoms with Gasteiger partial charge in [0.25, 0.3) is 0 Å². The SMILES string of the molecule is COc1c(F)cc(CC(F)(F)F)cc1[C@H](C(=O)O)N1CC[C@@H](N(C)CCCCCc2ccc3c(n2)NCCC3)C1. The molecule has 0 radical (unpaired) electrons. The largest absolute Gasteiger partial charge is 0.493 e. The van der Waals surface area contributed by atoms with Gasteiger partial charge in [0.1, 0.15) is 11.9 Å². The summed E-state index contributed by atoms with van der Waals surface area (Å²) in [5.74, 6) is -1.57. The molecular weight excluding hydrogens is 528 g/mol. The third-order valence-electron chi connectivity index (χ3n) is 7.85. The molecule has 7 nitrogen and oxygen atoms in total. The van der Waals surface area contributed by atoms with Crippen molar-refractivity contribution in [3.05, 3.63) is 52.5 Å². The zero-order valence-electron chi connectivity index (χ0n) is 23.1. The number of unbranched alkanes of at least 4 members (excludes halogenated alkanes) is 2. The van der Waals surface area contributed by atoms with Crippen molar-refractivity contribution in [3.63, 3.8) is 0 Å². The first-order valence-corrected chi connectivity index (χ1v) is 13.9. The Morgan fingerprint density at radius 3 is 2.80 bits per heavy atom. The summed E-state index contributed by atoms with van der Waals surface area (Å²) in [5, 5.41) is 13.4. The predicted octanol–water partition coefficient (Wildman–Crippen LogP) is 5.24. The van der Waals surface area contributed by atoms with E-state index < -0.39 is 30.4 Å². The van der Waals surface area contributed by atoms with Gasteiger partial charge in [0, 0.05) is 36.9 Å². The van der Waals surface area contributed by atoms with Crippen LogP contribution in [0.4, 0.5) is 23.4 Å². The maximum Gasteiger partial charge on any atom is 0.393 e. The fourth-order valence-corrected chi connectivity index (χ4v) is 5.81. The normalized spacial score (nSPS) is 18.4. The fraction of sp³-hybridized carbons (Fsp3) is 0.586. The first-order valence-electron chi connectivity index (χ1n) is 13.9. The lowest BCUT2D eigenvalue weighted by molar-refractivity contribution is -0.143. The number of likely N-dealkylation sites (N-methyl/N-ethyl adjacent to an activating group) is 1.